The first-order chi connectivity index (χ1) is 25.0. The zero-order valence-electron chi connectivity index (χ0n) is 32.1. The van der Waals surface area contributed by atoms with Crippen LogP contribution >= 0.6 is 11.3 Å². The maximum atomic E-state index is 13.8. The number of carbonyl (C=O) groups is 2. The maximum Gasteiger partial charge on any atom is 0.423 e. The number of ether oxygens (including phenoxy) is 2. The number of amides is 1. The number of piperazine rings is 1. The molecule has 284 valence electrons. The van der Waals surface area contributed by atoms with E-state index < -0.39 is 12.9 Å². The van der Waals surface area contributed by atoms with Gasteiger partial charge in [-0.1, -0.05) is 141 Å². The number of fused-ring (bicyclic) bond motifs is 2. The third-order valence-electron chi connectivity index (χ3n) is 10.3. The highest BCUT2D eigenvalue weighted by Crippen LogP contribution is 2.34. The van der Waals surface area contributed by atoms with E-state index in [1.807, 2.05) is 24.3 Å². The molecule has 4 rings (SSSR count). The zero-order valence-corrected chi connectivity index (χ0v) is 32.9. The summed E-state index contributed by atoms with van der Waals surface area (Å²) in [7, 11) is 2.11. The van der Waals surface area contributed by atoms with Crippen molar-refractivity contribution < 1.29 is 19.1 Å². The van der Waals surface area contributed by atoms with Crippen LogP contribution in [0.1, 0.15) is 147 Å². The number of carbonyl (C=O) groups excluding carboxylic acids is 2. The second-order valence-electron chi connectivity index (χ2n) is 14.6. The molecule has 2 aliphatic rings. The average Bonchev–Trinajstić information content (AvgIpc) is 3.43. The fraction of sp³-hybridized carbons (Fsp3) is 0.690. The van der Waals surface area contributed by atoms with Gasteiger partial charge in [0, 0.05) is 37.5 Å². The normalized spacial score (nSPS) is 14.5. The van der Waals surface area contributed by atoms with Gasteiger partial charge in [-0.15, -0.1) is 11.3 Å². The van der Waals surface area contributed by atoms with Gasteiger partial charge in [-0.05, 0) is 38.6 Å². The fourth-order valence-electron chi connectivity index (χ4n) is 7.16. The van der Waals surface area contributed by atoms with Gasteiger partial charge in [-0.25, -0.2) is 14.7 Å². The van der Waals surface area contributed by atoms with Crippen LogP contribution in [0.5, 0.6) is 0 Å². The molecule has 1 fully saturated rings. The summed E-state index contributed by atoms with van der Waals surface area (Å²) in [4.78, 5) is 38.5. The summed E-state index contributed by atoms with van der Waals surface area (Å²) in [6.45, 7) is 7.28. The first-order valence-corrected chi connectivity index (χ1v) is 21.1. The van der Waals surface area contributed by atoms with Gasteiger partial charge >= 0.3 is 12.1 Å². The number of thiophene rings is 1. The Bertz CT molecular complexity index is 1430. The van der Waals surface area contributed by atoms with E-state index in [1.54, 1.807) is 16.2 Å². The quantitative estimate of drug-likeness (QED) is 0.0610. The van der Waals surface area contributed by atoms with Gasteiger partial charge in [0.25, 0.3) is 0 Å². The molecule has 0 unspecified atom stereocenters. The van der Waals surface area contributed by atoms with E-state index >= 15 is 0 Å². The molecule has 0 bridgehead atoms. The minimum atomic E-state index is -0.574. The smallest absolute Gasteiger partial charge is 0.423 e. The van der Waals surface area contributed by atoms with Crippen molar-refractivity contribution in [1.82, 2.24) is 9.80 Å². The standard InChI is InChI=1S/C42H66N4O4S/c1-4-5-6-7-8-9-10-11-12-13-14-15-16-17-18-19-20-21-22-23-28-39(47)49-34-50-42(48)46-38-27-25-24-26-37(38)43-40-36(33-35(2)51-40)41(46)45-31-29-44(3)30-32-45/h24-27,33H,4-23,28-32,34H2,1-3H3. The molecule has 51 heavy (non-hydrogen) atoms. The van der Waals surface area contributed by atoms with Gasteiger partial charge in [0.15, 0.2) is 0 Å². The van der Waals surface area contributed by atoms with Crippen molar-refractivity contribution in [3.8, 4) is 0 Å². The number of likely N-dealkylation sites (N-methyl/N-ethyl adjacent to an activating group) is 1. The number of hydrogen-bond acceptors (Lipinski definition) is 8. The second kappa shape index (κ2) is 23.6. The monoisotopic (exact) mass is 722 g/mol. The van der Waals surface area contributed by atoms with Crippen molar-refractivity contribution in [2.75, 3.05) is 44.9 Å². The summed E-state index contributed by atoms with van der Waals surface area (Å²) in [5.74, 6) is 0.451. The Kier molecular flexibility index (Phi) is 18.9. The molecular formula is C42H66N4O4S. The van der Waals surface area contributed by atoms with Crippen LogP contribution < -0.4 is 14.8 Å². The van der Waals surface area contributed by atoms with Crippen molar-refractivity contribution in [3.05, 3.63) is 45.1 Å². The predicted octanol–water partition coefficient (Wildman–Crippen LogP) is 9.99. The van der Waals surface area contributed by atoms with E-state index in [-0.39, 0.29) is 5.97 Å². The van der Waals surface area contributed by atoms with Crippen LogP contribution in [0.3, 0.4) is 0 Å². The second-order valence-corrected chi connectivity index (χ2v) is 15.9. The largest absolute Gasteiger partial charge is 0.428 e. The minimum Gasteiger partial charge on any atom is -0.428 e. The summed E-state index contributed by atoms with van der Waals surface area (Å²) in [6.07, 6.45) is 26.3. The number of nitrogens with zero attached hydrogens (tertiary/aromatic N) is 4. The molecule has 0 N–H and O–H groups in total. The van der Waals surface area contributed by atoms with Crippen LogP contribution in [0.4, 0.5) is 16.2 Å². The number of esters is 1. The van der Waals surface area contributed by atoms with Crippen LogP contribution in [0.15, 0.2) is 35.3 Å². The molecule has 2 aromatic rings. The van der Waals surface area contributed by atoms with E-state index in [1.165, 1.54) is 109 Å². The summed E-state index contributed by atoms with van der Waals surface area (Å²) in [5, 5.41) is 0.923. The van der Waals surface area contributed by atoms with Crippen LogP contribution in [0.2, 0.25) is 0 Å². The number of benzene rings is 1. The maximum absolute atomic E-state index is 13.8. The SMILES string of the molecule is CCCCCCCCCCCCCCCCCCCCCCC(=O)OCOC(=O)N1C(N2CCN(C)CC2)=c2cc(C)sc2=Nc2ccccc21. The number of aryl methyl sites for hydroxylation is 1. The van der Waals surface area contributed by atoms with Crippen molar-refractivity contribution >= 4 is 40.6 Å². The molecule has 3 heterocycles. The van der Waals surface area contributed by atoms with Gasteiger partial charge in [0.1, 0.15) is 10.5 Å². The Labute approximate surface area is 312 Å². The predicted molar refractivity (Wildman–Crippen MR) is 211 cm³/mol. The van der Waals surface area contributed by atoms with Crippen molar-refractivity contribution in [2.45, 2.75) is 149 Å². The molecule has 8 nitrogen and oxygen atoms in total. The molecule has 0 atom stereocenters. The third kappa shape index (κ3) is 14.2. The molecule has 0 saturated carbocycles. The highest BCUT2D eigenvalue weighted by atomic mass is 32.1. The Morgan fingerprint density at radius 1 is 0.725 bits per heavy atom. The van der Waals surface area contributed by atoms with Gasteiger partial charge in [0.2, 0.25) is 6.79 Å². The van der Waals surface area contributed by atoms with E-state index in [2.05, 4.69) is 36.8 Å². The first kappa shape index (κ1) is 40.9. The Morgan fingerprint density at radius 2 is 1.25 bits per heavy atom. The number of anilines is 1. The highest BCUT2D eigenvalue weighted by Gasteiger charge is 2.32. The number of hydrogen-bond donors (Lipinski definition) is 0. The van der Waals surface area contributed by atoms with Gasteiger partial charge in [-0.3, -0.25) is 4.79 Å². The lowest BCUT2D eigenvalue weighted by molar-refractivity contribution is -0.151. The lowest BCUT2D eigenvalue weighted by atomic mass is 10.0. The summed E-state index contributed by atoms with van der Waals surface area (Å²) < 4.78 is 11.9. The van der Waals surface area contributed by atoms with Gasteiger partial charge in [0.05, 0.1) is 16.6 Å². The lowest BCUT2D eigenvalue weighted by Gasteiger charge is -2.38. The Morgan fingerprint density at radius 3 is 1.82 bits per heavy atom. The summed E-state index contributed by atoms with van der Waals surface area (Å²) in [5.41, 5.74) is 1.37. The topological polar surface area (TPSA) is 74.7 Å². The van der Waals surface area contributed by atoms with Gasteiger partial charge in [-0.2, -0.15) is 0 Å². The number of unbranched alkanes of at least 4 members (excludes halogenated alkanes) is 19. The van der Waals surface area contributed by atoms with Crippen LogP contribution in [0.25, 0.3) is 5.82 Å². The Balaban J connectivity index is 1.07. The van der Waals surface area contributed by atoms with Gasteiger partial charge < -0.3 is 19.3 Å². The number of rotatable bonds is 24. The molecule has 1 amide bonds. The first-order valence-electron chi connectivity index (χ1n) is 20.3. The molecule has 2 aliphatic heterocycles. The van der Waals surface area contributed by atoms with Crippen molar-refractivity contribution in [3.63, 3.8) is 0 Å². The van der Waals surface area contributed by atoms with Crippen molar-refractivity contribution in [1.29, 1.82) is 0 Å². The molecule has 1 aromatic carbocycles. The molecular weight excluding hydrogens is 657 g/mol. The number of para-hydroxylation sites is 2. The highest BCUT2D eigenvalue weighted by molar-refractivity contribution is 7.09. The summed E-state index contributed by atoms with van der Waals surface area (Å²) in [6, 6.07) is 9.74. The Hall–Kier alpha value is -2.91. The van der Waals surface area contributed by atoms with Crippen LogP contribution in [0, 0.1) is 6.92 Å². The van der Waals surface area contributed by atoms with Crippen molar-refractivity contribution in [2.24, 2.45) is 4.99 Å². The molecule has 0 aliphatic carbocycles. The van der Waals surface area contributed by atoms with E-state index in [4.69, 9.17) is 14.5 Å². The molecule has 0 radical (unpaired) electrons. The molecule has 9 heteroatoms. The van der Waals surface area contributed by atoms with E-state index in [0.717, 1.165) is 66.0 Å². The average molecular weight is 723 g/mol. The minimum absolute atomic E-state index is 0.324. The van der Waals surface area contributed by atoms with E-state index in [9.17, 15) is 9.59 Å². The molecule has 1 saturated heterocycles. The summed E-state index contributed by atoms with van der Waals surface area (Å²) >= 11 is 1.62. The van der Waals surface area contributed by atoms with Crippen LogP contribution in [-0.4, -0.2) is 61.9 Å². The molecule has 0 spiro atoms. The van der Waals surface area contributed by atoms with Crippen LogP contribution in [-0.2, 0) is 14.3 Å². The third-order valence-corrected chi connectivity index (χ3v) is 11.2. The lowest BCUT2D eigenvalue weighted by Crippen LogP contribution is -2.51. The van der Waals surface area contributed by atoms with E-state index in [0.29, 0.717) is 17.8 Å². The fourth-order valence-corrected chi connectivity index (χ4v) is 8.04. The zero-order chi connectivity index (χ0) is 36.1. The molecule has 1 aromatic heterocycles.